The molecule has 0 aliphatic carbocycles. The molecule has 0 saturated heterocycles. The molecule has 0 aromatic carbocycles. The van der Waals surface area contributed by atoms with Gasteiger partial charge in [-0.25, -0.2) is 0 Å². The van der Waals surface area contributed by atoms with Crippen molar-refractivity contribution < 1.29 is 4.79 Å². The van der Waals surface area contributed by atoms with Gasteiger partial charge in [-0.1, -0.05) is 34.1 Å². The van der Waals surface area contributed by atoms with E-state index in [1.54, 1.807) is 0 Å². The van der Waals surface area contributed by atoms with Crippen LogP contribution in [0.25, 0.3) is 0 Å². The Labute approximate surface area is 94.0 Å². The Morgan fingerprint density at radius 3 is 2.13 bits per heavy atom. The van der Waals surface area contributed by atoms with E-state index in [4.69, 9.17) is 5.73 Å². The summed E-state index contributed by atoms with van der Waals surface area (Å²) in [5.41, 5.74) is 5.93. The molecule has 0 aliphatic heterocycles. The Morgan fingerprint density at radius 1 is 1.27 bits per heavy atom. The minimum atomic E-state index is -0.339. The van der Waals surface area contributed by atoms with Gasteiger partial charge in [0.1, 0.15) is 0 Å². The molecule has 0 aromatic heterocycles. The molecule has 2 N–H and O–H groups in total. The minimum Gasteiger partial charge on any atom is -0.341 e. The maximum Gasteiger partial charge on any atom is 0.239 e. The van der Waals surface area contributed by atoms with Crippen LogP contribution < -0.4 is 5.73 Å². The van der Waals surface area contributed by atoms with Crippen molar-refractivity contribution in [2.24, 2.45) is 17.6 Å². The minimum absolute atomic E-state index is 0.0977. The van der Waals surface area contributed by atoms with Gasteiger partial charge in [-0.15, -0.1) is 0 Å². The van der Waals surface area contributed by atoms with Crippen molar-refractivity contribution >= 4 is 5.91 Å². The highest BCUT2D eigenvalue weighted by Gasteiger charge is 2.24. The summed E-state index contributed by atoms with van der Waals surface area (Å²) in [4.78, 5) is 13.9. The first kappa shape index (κ1) is 14.4. The van der Waals surface area contributed by atoms with E-state index in [1.165, 1.54) is 0 Å². The van der Waals surface area contributed by atoms with Gasteiger partial charge in [-0.3, -0.25) is 4.79 Å². The summed E-state index contributed by atoms with van der Waals surface area (Å²) in [6, 6.07) is -0.339. The van der Waals surface area contributed by atoms with Gasteiger partial charge in [-0.05, 0) is 18.8 Å². The lowest BCUT2D eigenvalue weighted by atomic mass is 9.98. The van der Waals surface area contributed by atoms with Gasteiger partial charge in [0.2, 0.25) is 5.91 Å². The van der Waals surface area contributed by atoms with E-state index in [0.717, 1.165) is 19.5 Å². The molecule has 3 heteroatoms. The Balaban J connectivity index is 4.37. The molecule has 15 heavy (non-hydrogen) atoms. The maximum absolute atomic E-state index is 12.0. The smallest absolute Gasteiger partial charge is 0.239 e. The number of carbonyl (C=O) groups is 1. The Hall–Kier alpha value is -0.570. The molecule has 3 nitrogen and oxygen atoms in total. The number of rotatable bonds is 6. The van der Waals surface area contributed by atoms with Crippen molar-refractivity contribution in [1.29, 1.82) is 0 Å². The predicted octanol–water partition coefficient (Wildman–Crippen LogP) is 1.86. The third-order valence-corrected chi connectivity index (χ3v) is 2.82. The van der Waals surface area contributed by atoms with Gasteiger partial charge >= 0.3 is 0 Å². The topological polar surface area (TPSA) is 46.3 Å². The van der Waals surface area contributed by atoms with Crippen LogP contribution in [0.1, 0.15) is 41.0 Å². The van der Waals surface area contributed by atoms with Crippen molar-refractivity contribution in [3.05, 3.63) is 0 Å². The Bertz CT molecular complexity index is 192. The Kier molecular flexibility index (Phi) is 6.57. The molecule has 0 bridgehead atoms. The molecule has 0 aromatic rings. The first-order valence-electron chi connectivity index (χ1n) is 5.98. The molecule has 0 aliphatic rings. The number of hydrogen-bond donors (Lipinski definition) is 1. The normalized spacial score (nSPS) is 15.1. The zero-order chi connectivity index (χ0) is 12.0. The molecule has 0 fully saturated rings. The van der Waals surface area contributed by atoms with Crippen molar-refractivity contribution in [2.75, 3.05) is 13.1 Å². The zero-order valence-corrected chi connectivity index (χ0v) is 10.8. The van der Waals surface area contributed by atoms with Crippen LogP contribution in [0, 0.1) is 11.8 Å². The highest BCUT2D eigenvalue weighted by atomic mass is 16.2. The van der Waals surface area contributed by atoms with Gasteiger partial charge < -0.3 is 10.6 Å². The molecule has 0 radical (unpaired) electrons. The lowest BCUT2D eigenvalue weighted by molar-refractivity contribution is -0.134. The van der Waals surface area contributed by atoms with Crippen molar-refractivity contribution in [3.63, 3.8) is 0 Å². The van der Waals surface area contributed by atoms with Crippen molar-refractivity contribution in [3.8, 4) is 0 Å². The molecule has 1 unspecified atom stereocenters. The van der Waals surface area contributed by atoms with Crippen LogP contribution in [-0.4, -0.2) is 29.9 Å². The molecular weight excluding hydrogens is 188 g/mol. The van der Waals surface area contributed by atoms with Crippen LogP contribution in [0.4, 0.5) is 0 Å². The third-order valence-electron chi connectivity index (χ3n) is 2.82. The standard InChI is InChI=1S/C12H26N2O/c1-6-10(5)11(13)12(15)14(7-2)8-9(3)4/h9-11H,6-8,13H2,1-5H3/t10?,11-/m0/s1. The van der Waals surface area contributed by atoms with Crippen LogP contribution in [0.15, 0.2) is 0 Å². The highest BCUT2D eigenvalue weighted by Crippen LogP contribution is 2.09. The number of nitrogens with zero attached hydrogens (tertiary/aromatic N) is 1. The largest absolute Gasteiger partial charge is 0.341 e. The van der Waals surface area contributed by atoms with Gasteiger partial charge in [0.05, 0.1) is 6.04 Å². The van der Waals surface area contributed by atoms with E-state index in [9.17, 15) is 4.79 Å². The van der Waals surface area contributed by atoms with E-state index >= 15 is 0 Å². The number of nitrogens with two attached hydrogens (primary N) is 1. The van der Waals surface area contributed by atoms with E-state index < -0.39 is 0 Å². The van der Waals surface area contributed by atoms with Gasteiger partial charge in [0.15, 0.2) is 0 Å². The molecule has 0 heterocycles. The van der Waals surface area contributed by atoms with E-state index in [-0.39, 0.29) is 17.9 Å². The number of amides is 1. The van der Waals surface area contributed by atoms with Crippen LogP contribution in [-0.2, 0) is 4.79 Å². The third kappa shape index (κ3) is 4.65. The fraction of sp³-hybridized carbons (Fsp3) is 0.917. The molecule has 0 saturated carbocycles. The first-order chi connectivity index (χ1) is 6.93. The predicted molar refractivity (Wildman–Crippen MR) is 64.5 cm³/mol. The number of carbonyl (C=O) groups excluding carboxylic acids is 1. The van der Waals surface area contributed by atoms with E-state index in [1.807, 2.05) is 18.7 Å². The summed E-state index contributed by atoms with van der Waals surface area (Å²) in [5, 5.41) is 0. The molecule has 90 valence electrons. The second kappa shape index (κ2) is 6.83. The summed E-state index contributed by atoms with van der Waals surface area (Å²) < 4.78 is 0. The lowest BCUT2D eigenvalue weighted by Crippen LogP contribution is -2.48. The van der Waals surface area contributed by atoms with E-state index in [2.05, 4.69) is 20.8 Å². The zero-order valence-electron chi connectivity index (χ0n) is 10.8. The maximum atomic E-state index is 12.0. The van der Waals surface area contributed by atoms with Crippen LogP contribution in [0.3, 0.4) is 0 Å². The molecule has 1 amide bonds. The quantitative estimate of drug-likeness (QED) is 0.733. The van der Waals surface area contributed by atoms with E-state index in [0.29, 0.717) is 5.92 Å². The number of likely N-dealkylation sites (N-methyl/N-ethyl adjacent to an activating group) is 1. The SMILES string of the molecule is CCC(C)[C@H](N)C(=O)N(CC)CC(C)C. The number of hydrogen-bond acceptors (Lipinski definition) is 2. The highest BCUT2D eigenvalue weighted by molar-refractivity contribution is 5.81. The van der Waals surface area contributed by atoms with Gasteiger partial charge in [0.25, 0.3) is 0 Å². The molecule has 2 atom stereocenters. The summed E-state index contributed by atoms with van der Waals surface area (Å²) in [5.74, 6) is 0.859. The lowest BCUT2D eigenvalue weighted by Gasteiger charge is -2.28. The summed E-state index contributed by atoms with van der Waals surface area (Å²) in [6.45, 7) is 11.9. The van der Waals surface area contributed by atoms with Gasteiger partial charge in [-0.2, -0.15) is 0 Å². The molecular formula is C12H26N2O. The second-order valence-corrected chi connectivity index (χ2v) is 4.68. The van der Waals surface area contributed by atoms with Crippen LogP contribution >= 0.6 is 0 Å². The van der Waals surface area contributed by atoms with Crippen LogP contribution in [0.2, 0.25) is 0 Å². The second-order valence-electron chi connectivity index (χ2n) is 4.68. The summed E-state index contributed by atoms with van der Waals surface area (Å²) in [7, 11) is 0. The fourth-order valence-corrected chi connectivity index (χ4v) is 1.52. The molecule has 0 spiro atoms. The summed E-state index contributed by atoms with van der Waals surface area (Å²) in [6.07, 6.45) is 0.951. The summed E-state index contributed by atoms with van der Waals surface area (Å²) >= 11 is 0. The van der Waals surface area contributed by atoms with Crippen molar-refractivity contribution in [1.82, 2.24) is 4.90 Å². The Morgan fingerprint density at radius 2 is 1.80 bits per heavy atom. The average molecular weight is 214 g/mol. The van der Waals surface area contributed by atoms with Crippen LogP contribution in [0.5, 0.6) is 0 Å². The first-order valence-corrected chi connectivity index (χ1v) is 5.98. The van der Waals surface area contributed by atoms with Crippen molar-refractivity contribution in [2.45, 2.75) is 47.1 Å². The van der Waals surface area contributed by atoms with Gasteiger partial charge in [0, 0.05) is 13.1 Å². The molecule has 0 rings (SSSR count). The average Bonchev–Trinajstić information content (AvgIpc) is 2.22. The fourth-order valence-electron chi connectivity index (χ4n) is 1.52. The monoisotopic (exact) mass is 214 g/mol.